The zero-order chi connectivity index (χ0) is 35.1. The van der Waals surface area contributed by atoms with Crippen molar-refractivity contribution in [3.63, 3.8) is 0 Å². The molecule has 1 aliphatic heterocycles. The molecule has 1 heterocycles. The van der Waals surface area contributed by atoms with Gasteiger partial charge in [0, 0.05) is 82.8 Å². The van der Waals surface area contributed by atoms with E-state index in [4.69, 9.17) is 29.4 Å². The van der Waals surface area contributed by atoms with Gasteiger partial charge in [-0.15, -0.1) is 0 Å². The van der Waals surface area contributed by atoms with Gasteiger partial charge < -0.3 is 44.9 Å². The van der Waals surface area contributed by atoms with Gasteiger partial charge in [-0.05, 0) is 43.9 Å². The summed E-state index contributed by atoms with van der Waals surface area (Å²) in [5.41, 5.74) is 1.14. The van der Waals surface area contributed by atoms with Crippen LogP contribution >= 0.6 is 0 Å². The number of hydrogen-bond donors (Lipinski definition) is 4. The molecule has 0 radical (unpaired) electrons. The fourth-order valence-electron chi connectivity index (χ4n) is 12.5. The largest absolute Gasteiger partial charge is 0.461 e. The number of likely N-dealkylation sites (N-methyl/N-ethyl adjacent to an activating group) is 1. The number of benzene rings is 1. The van der Waals surface area contributed by atoms with E-state index in [0.717, 1.165) is 6.42 Å². The predicted octanol–water partition coefficient (Wildman–Crippen LogP) is 1.34. The standard InChI is InChI=1S/C36H51N3O10/c1-6-39-17-33(18-49-31(42)19-9-7-8-10-22(19)38-26(41)12-11-25(37)40)14-13-24(46-3)35-21-15-20-23(45-2)16-34(43,27(21)28(20)47-4)36(44,32(35)39)30(48-5)29(33)35/h7-10,20-21,23-24,27-30,32,43-44H,6,11-18H2,1-5H3,(H2,37,40)(H,38,41)/t20-,21-,23+,24?,27-,28+,29-,30?,32+,33+,34-,35+,36-/m1/s1. The molecule has 5 aliphatic carbocycles. The number of ether oxygens (including phenoxy) is 5. The zero-order valence-electron chi connectivity index (χ0n) is 29.1. The van der Waals surface area contributed by atoms with Crippen LogP contribution in [0.2, 0.25) is 0 Å². The first-order valence-corrected chi connectivity index (χ1v) is 17.6. The SMILES string of the molecule is CCN1C[C@]2(COC(=O)c3ccccc3NC(=O)CCC(N)=O)CCC(OC)[C@@]34[C@@H]5C[C@H]6[C@H](OC)[C@@H]5[C@](O)(C[C@@H]6OC)[C@@](O)(C(OC)[C@H]23)[C@@H]14. The summed E-state index contributed by atoms with van der Waals surface area (Å²) >= 11 is 0. The van der Waals surface area contributed by atoms with Crippen molar-refractivity contribution < 1.29 is 48.3 Å². The normalized spacial score (nSPS) is 44.4. The van der Waals surface area contributed by atoms with Gasteiger partial charge in [0.25, 0.3) is 0 Å². The minimum atomic E-state index is -1.69. The summed E-state index contributed by atoms with van der Waals surface area (Å²) < 4.78 is 31.3. The summed E-state index contributed by atoms with van der Waals surface area (Å²) in [5.74, 6) is -2.33. The van der Waals surface area contributed by atoms with E-state index in [1.165, 1.54) is 0 Å². The Hall–Kier alpha value is -2.65. The first-order chi connectivity index (χ1) is 23.4. The number of hydrogen-bond acceptors (Lipinski definition) is 11. The number of aliphatic hydroxyl groups is 2. The number of nitrogens with two attached hydrogens (primary N) is 1. The molecule has 5 saturated carbocycles. The Labute approximate surface area is 287 Å². The van der Waals surface area contributed by atoms with Crippen LogP contribution in [0.5, 0.6) is 0 Å². The van der Waals surface area contributed by atoms with Gasteiger partial charge in [-0.2, -0.15) is 0 Å². The van der Waals surface area contributed by atoms with E-state index in [-0.39, 0.29) is 79.1 Å². The number of fused-ring (bicyclic) bond motifs is 2. The molecule has 6 aliphatic rings. The maximum absolute atomic E-state index is 13.9. The van der Waals surface area contributed by atoms with Crippen molar-refractivity contribution >= 4 is 23.5 Å². The van der Waals surface area contributed by atoms with Gasteiger partial charge in [0.15, 0.2) is 0 Å². The van der Waals surface area contributed by atoms with E-state index in [0.29, 0.717) is 25.9 Å². The van der Waals surface area contributed by atoms with Crippen molar-refractivity contribution in [1.82, 2.24) is 4.90 Å². The van der Waals surface area contributed by atoms with E-state index in [1.54, 1.807) is 52.7 Å². The molecule has 7 rings (SSSR count). The molecular weight excluding hydrogens is 634 g/mol. The van der Waals surface area contributed by atoms with Gasteiger partial charge in [0.1, 0.15) is 11.2 Å². The van der Waals surface area contributed by atoms with Crippen LogP contribution in [-0.2, 0) is 33.3 Å². The van der Waals surface area contributed by atoms with Crippen molar-refractivity contribution in [3.8, 4) is 0 Å². The Morgan fingerprint density at radius 2 is 1.80 bits per heavy atom. The quantitative estimate of drug-likeness (QED) is 0.233. The molecule has 1 aromatic carbocycles. The second-order valence-electron chi connectivity index (χ2n) is 15.3. The van der Waals surface area contributed by atoms with Crippen LogP contribution in [0.15, 0.2) is 24.3 Å². The number of esters is 1. The molecule has 1 aromatic rings. The number of rotatable bonds is 12. The van der Waals surface area contributed by atoms with Crippen molar-refractivity contribution in [2.45, 2.75) is 87.1 Å². The number of methoxy groups -OCH3 is 4. The summed E-state index contributed by atoms with van der Waals surface area (Å²) in [6, 6.07) is 6.14. The van der Waals surface area contributed by atoms with E-state index in [9.17, 15) is 24.6 Å². The van der Waals surface area contributed by atoms with Gasteiger partial charge in [0.05, 0.1) is 48.3 Å². The van der Waals surface area contributed by atoms with Crippen LogP contribution in [0.3, 0.4) is 0 Å². The van der Waals surface area contributed by atoms with Gasteiger partial charge in [0.2, 0.25) is 11.8 Å². The maximum Gasteiger partial charge on any atom is 0.340 e. The minimum absolute atomic E-state index is 0.0424. The third kappa shape index (κ3) is 4.45. The highest BCUT2D eigenvalue weighted by Gasteiger charge is 2.91. The first-order valence-electron chi connectivity index (χ1n) is 17.6. The van der Waals surface area contributed by atoms with Crippen molar-refractivity contribution in [2.24, 2.45) is 40.2 Å². The van der Waals surface area contributed by atoms with E-state index in [2.05, 4.69) is 17.1 Å². The molecule has 5 N–H and O–H groups in total. The minimum Gasteiger partial charge on any atom is -0.461 e. The second-order valence-corrected chi connectivity index (χ2v) is 15.3. The number of likely N-dealkylation sites (tertiary alicyclic amines) is 1. The Kier molecular flexibility index (Phi) is 8.69. The molecule has 7 bridgehead atoms. The number of primary amides is 1. The number of amides is 2. The van der Waals surface area contributed by atoms with Crippen LogP contribution in [0.4, 0.5) is 5.69 Å². The summed E-state index contributed by atoms with van der Waals surface area (Å²) in [4.78, 5) is 39.9. The van der Waals surface area contributed by atoms with Crippen molar-refractivity contribution in [3.05, 3.63) is 29.8 Å². The number of carbonyl (C=O) groups is 3. The molecule has 13 heteroatoms. The lowest BCUT2D eigenvalue weighted by Gasteiger charge is -2.70. The zero-order valence-corrected chi connectivity index (χ0v) is 29.1. The molecule has 270 valence electrons. The maximum atomic E-state index is 13.9. The number of para-hydroxylation sites is 1. The highest BCUT2D eigenvalue weighted by Crippen LogP contribution is 2.80. The second kappa shape index (κ2) is 12.2. The highest BCUT2D eigenvalue weighted by molar-refractivity contribution is 6.01. The molecule has 1 saturated heterocycles. The average molecular weight is 686 g/mol. The number of piperidine rings is 1. The van der Waals surface area contributed by atoms with Crippen LogP contribution in [0, 0.1) is 34.5 Å². The Morgan fingerprint density at radius 1 is 1.04 bits per heavy atom. The molecule has 49 heavy (non-hydrogen) atoms. The number of anilines is 1. The fraction of sp³-hybridized carbons (Fsp3) is 0.750. The topological polar surface area (TPSA) is 179 Å². The van der Waals surface area contributed by atoms with E-state index >= 15 is 0 Å². The Morgan fingerprint density at radius 3 is 2.45 bits per heavy atom. The molecule has 0 aromatic heterocycles. The summed E-state index contributed by atoms with van der Waals surface area (Å²) in [5, 5.41) is 29.2. The smallest absolute Gasteiger partial charge is 0.340 e. The third-order valence-electron chi connectivity index (χ3n) is 13.8. The molecule has 1 spiro atoms. The summed E-state index contributed by atoms with van der Waals surface area (Å²) in [6.07, 6.45) is 0.513. The van der Waals surface area contributed by atoms with E-state index in [1.807, 2.05) is 0 Å². The first kappa shape index (κ1) is 34.8. The van der Waals surface area contributed by atoms with Crippen molar-refractivity contribution in [2.75, 3.05) is 53.5 Å². The predicted molar refractivity (Wildman–Crippen MR) is 175 cm³/mol. The summed E-state index contributed by atoms with van der Waals surface area (Å²) in [6.45, 7) is 3.25. The Bertz CT molecular complexity index is 1490. The van der Waals surface area contributed by atoms with Crippen LogP contribution < -0.4 is 11.1 Å². The lowest BCUT2D eigenvalue weighted by atomic mass is 9.42. The fourth-order valence-corrected chi connectivity index (χ4v) is 12.5. The lowest BCUT2D eigenvalue weighted by molar-refractivity contribution is -0.320. The molecule has 6 fully saturated rings. The number of nitrogens with one attached hydrogen (secondary N) is 1. The van der Waals surface area contributed by atoms with Gasteiger partial charge >= 0.3 is 5.97 Å². The molecule has 13 nitrogen and oxygen atoms in total. The number of nitrogens with zero attached hydrogens (tertiary/aromatic N) is 1. The van der Waals surface area contributed by atoms with Gasteiger partial charge in [-0.25, -0.2) is 4.79 Å². The van der Waals surface area contributed by atoms with Crippen LogP contribution in [-0.4, -0.2) is 123 Å². The monoisotopic (exact) mass is 685 g/mol. The Balaban J connectivity index is 1.29. The molecule has 2 amide bonds. The third-order valence-corrected chi connectivity index (χ3v) is 13.8. The van der Waals surface area contributed by atoms with Crippen LogP contribution in [0.25, 0.3) is 0 Å². The van der Waals surface area contributed by atoms with E-state index < -0.39 is 52.0 Å². The number of carbonyl (C=O) groups excluding carboxylic acids is 3. The molecular formula is C36H51N3O10. The van der Waals surface area contributed by atoms with Gasteiger partial charge in [-0.3, -0.25) is 14.5 Å². The lowest BCUT2D eigenvalue weighted by Crippen LogP contribution is -2.82. The van der Waals surface area contributed by atoms with Gasteiger partial charge in [-0.1, -0.05) is 19.1 Å². The molecule has 13 atom stereocenters. The molecule has 2 unspecified atom stereocenters. The average Bonchev–Trinajstić information content (AvgIpc) is 3.51. The van der Waals surface area contributed by atoms with Crippen LogP contribution in [0.1, 0.15) is 55.8 Å². The highest BCUT2D eigenvalue weighted by atomic mass is 16.5. The van der Waals surface area contributed by atoms with Crippen molar-refractivity contribution in [1.29, 1.82) is 0 Å². The summed E-state index contributed by atoms with van der Waals surface area (Å²) in [7, 11) is 6.68.